The van der Waals surface area contributed by atoms with Crippen molar-refractivity contribution >= 4 is 17.6 Å². The molecule has 1 aliphatic heterocycles. The minimum absolute atomic E-state index is 0.00394. The Hall–Kier alpha value is -2.90. The Kier molecular flexibility index (Phi) is 5.16. The number of nitrogens with zero attached hydrogens (tertiary/aromatic N) is 5. The van der Waals surface area contributed by atoms with Gasteiger partial charge < -0.3 is 15.1 Å². The van der Waals surface area contributed by atoms with Crippen molar-refractivity contribution in [2.45, 2.75) is 25.3 Å². The summed E-state index contributed by atoms with van der Waals surface area (Å²) in [5.74, 6) is 0.691. The van der Waals surface area contributed by atoms with Crippen LogP contribution in [0.4, 0.5) is 5.82 Å². The van der Waals surface area contributed by atoms with Crippen molar-refractivity contribution in [2.75, 3.05) is 32.5 Å². The highest BCUT2D eigenvalue weighted by Crippen LogP contribution is 2.29. The third-order valence-corrected chi connectivity index (χ3v) is 5.04. The number of anilines is 1. The molecule has 3 heterocycles. The van der Waals surface area contributed by atoms with Crippen molar-refractivity contribution in [2.24, 2.45) is 7.05 Å². The summed E-state index contributed by atoms with van der Waals surface area (Å²) in [4.78, 5) is 33.3. The molecule has 2 aromatic heterocycles. The topological polar surface area (TPSA) is 83.4 Å². The molecule has 3 rings (SSSR count). The van der Waals surface area contributed by atoms with Crippen LogP contribution in [0, 0.1) is 6.92 Å². The molecule has 27 heavy (non-hydrogen) atoms. The standard InChI is InChI=1S/C19H26N6O2/c1-14-5-6-15(20-13-14)17(26)25-11-8-19(9-12-25,18(27)23(2)3)22-16-7-10-21-24(16)4/h5-7,10,13,22H,8-9,11-12H2,1-4H3. The van der Waals surface area contributed by atoms with Crippen LogP contribution in [0.2, 0.25) is 0 Å². The molecule has 1 N–H and O–H groups in total. The lowest BCUT2D eigenvalue weighted by molar-refractivity contribution is -0.135. The van der Waals surface area contributed by atoms with E-state index in [1.165, 1.54) is 0 Å². The fourth-order valence-corrected chi connectivity index (χ4v) is 3.41. The summed E-state index contributed by atoms with van der Waals surface area (Å²) < 4.78 is 1.71. The Balaban J connectivity index is 1.77. The summed E-state index contributed by atoms with van der Waals surface area (Å²) in [6.45, 7) is 2.91. The molecule has 1 aliphatic rings. The van der Waals surface area contributed by atoms with Crippen molar-refractivity contribution < 1.29 is 9.59 Å². The SMILES string of the molecule is Cc1ccc(C(=O)N2CCC(Nc3ccnn3C)(C(=O)N(C)C)CC2)nc1. The summed E-state index contributed by atoms with van der Waals surface area (Å²) in [5.41, 5.74) is 0.696. The minimum atomic E-state index is -0.755. The molecule has 0 saturated carbocycles. The predicted octanol–water partition coefficient (Wildman–Crippen LogP) is 1.30. The Bertz CT molecular complexity index is 819. The predicted molar refractivity (Wildman–Crippen MR) is 102 cm³/mol. The maximum Gasteiger partial charge on any atom is 0.272 e. The zero-order valence-electron chi connectivity index (χ0n) is 16.3. The van der Waals surface area contributed by atoms with Gasteiger partial charge in [-0.1, -0.05) is 6.07 Å². The highest BCUT2D eigenvalue weighted by atomic mass is 16.2. The number of likely N-dealkylation sites (N-methyl/N-ethyl adjacent to an activating group) is 1. The molecule has 2 aromatic rings. The molecule has 0 aliphatic carbocycles. The summed E-state index contributed by atoms with van der Waals surface area (Å²) in [7, 11) is 5.34. The van der Waals surface area contributed by atoms with Gasteiger partial charge in [-0.3, -0.25) is 19.3 Å². The van der Waals surface area contributed by atoms with E-state index in [-0.39, 0.29) is 11.8 Å². The first kappa shape index (κ1) is 18.9. The first-order chi connectivity index (χ1) is 12.8. The molecular weight excluding hydrogens is 344 g/mol. The van der Waals surface area contributed by atoms with Crippen LogP contribution in [-0.4, -0.2) is 69.1 Å². The van der Waals surface area contributed by atoms with Crippen LogP contribution in [0.3, 0.4) is 0 Å². The van der Waals surface area contributed by atoms with Gasteiger partial charge in [0.2, 0.25) is 5.91 Å². The number of carbonyl (C=O) groups excluding carboxylic acids is 2. The number of piperidine rings is 1. The summed E-state index contributed by atoms with van der Waals surface area (Å²) in [6.07, 6.45) is 4.43. The van der Waals surface area contributed by atoms with Gasteiger partial charge in [0.15, 0.2) is 0 Å². The van der Waals surface area contributed by atoms with Gasteiger partial charge in [0.1, 0.15) is 17.1 Å². The monoisotopic (exact) mass is 370 g/mol. The second-order valence-electron chi connectivity index (χ2n) is 7.26. The highest BCUT2D eigenvalue weighted by molar-refractivity contribution is 5.93. The molecule has 0 aromatic carbocycles. The number of rotatable bonds is 4. The molecule has 0 radical (unpaired) electrons. The maximum absolute atomic E-state index is 13.0. The zero-order chi connectivity index (χ0) is 19.6. The Morgan fingerprint density at radius 3 is 2.41 bits per heavy atom. The maximum atomic E-state index is 13.0. The lowest BCUT2D eigenvalue weighted by Gasteiger charge is -2.42. The van der Waals surface area contributed by atoms with E-state index in [9.17, 15) is 9.59 Å². The van der Waals surface area contributed by atoms with Crippen LogP contribution >= 0.6 is 0 Å². The molecule has 8 heteroatoms. The zero-order valence-corrected chi connectivity index (χ0v) is 16.3. The quantitative estimate of drug-likeness (QED) is 0.877. The Morgan fingerprint density at radius 1 is 1.19 bits per heavy atom. The van der Waals surface area contributed by atoms with Gasteiger partial charge in [0.05, 0.1) is 6.20 Å². The van der Waals surface area contributed by atoms with Gasteiger partial charge in [-0.25, -0.2) is 0 Å². The normalized spacial score (nSPS) is 16.1. The lowest BCUT2D eigenvalue weighted by Crippen LogP contribution is -2.59. The van der Waals surface area contributed by atoms with E-state index < -0.39 is 5.54 Å². The Morgan fingerprint density at radius 2 is 1.89 bits per heavy atom. The highest BCUT2D eigenvalue weighted by Gasteiger charge is 2.43. The number of hydrogen-bond acceptors (Lipinski definition) is 5. The molecule has 144 valence electrons. The molecule has 0 bridgehead atoms. The number of aromatic nitrogens is 3. The molecule has 0 spiro atoms. The van der Waals surface area contributed by atoms with Gasteiger partial charge in [-0.2, -0.15) is 5.10 Å². The average Bonchev–Trinajstić information content (AvgIpc) is 3.06. The van der Waals surface area contributed by atoms with Gasteiger partial charge in [0, 0.05) is 46.5 Å². The molecular formula is C19H26N6O2. The van der Waals surface area contributed by atoms with E-state index in [1.54, 1.807) is 47.0 Å². The van der Waals surface area contributed by atoms with Gasteiger partial charge >= 0.3 is 0 Å². The smallest absolute Gasteiger partial charge is 0.272 e. The molecule has 1 saturated heterocycles. The van der Waals surface area contributed by atoms with E-state index in [0.29, 0.717) is 31.6 Å². The van der Waals surface area contributed by atoms with Crippen LogP contribution in [0.1, 0.15) is 28.9 Å². The first-order valence-electron chi connectivity index (χ1n) is 9.02. The largest absolute Gasteiger partial charge is 0.356 e. The van der Waals surface area contributed by atoms with Crippen molar-refractivity contribution in [3.63, 3.8) is 0 Å². The van der Waals surface area contributed by atoms with Crippen molar-refractivity contribution in [1.29, 1.82) is 0 Å². The number of hydrogen-bond donors (Lipinski definition) is 1. The van der Waals surface area contributed by atoms with Gasteiger partial charge in [-0.15, -0.1) is 0 Å². The minimum Gasteiger partial charge on any atom is -0.356 e. The summed E-state index contributed by atoms with van der Waals surface area (Å²) in [5, 5.41) is 7.55. The van der Waals surface area contributed by atoms with E-state index in [1.807, 2.05) is 26.1 Å². The molecule has 2 amide bonds. The lowest BCUT2D eigenvalue weighted by atomic mass is 9.85. The molecule has 0 atom stereocenters. The van der Waals surface area contributed by atoms with Gasteiger partial charge in [0.25, 0.3) is 5.91 Å². The van der Waals surface area contributed by atoms with E-state index in [0.717, 1.165) is 11.4 Å². The molecule has 1 fully saturated rings. The third-order valence-electron chi connectivity index (χ3n) is 5.04. The number of carbonyl (C=O) groups is 2. The molecule has 8 nitrogen and oxygen atoms in total. The average molecular weight is 370 g/mol. The van der Waals surface area contributed by atoms with E-state index in [4.69, 9.17) is 0 Å². The van der Waals surface area contributed by atoms with E-state index in [2.05, 4.69) is 15.4 Å². The number of pyridine rings is 1. The van der Waals surface area contributed by atoms with Gasteiger partial charge in [-0.05, 0) is 31.4 Å². The van der Waals surface area contributed by atoms with Crippen molar-refractivity contribution in [3.05, 3.63) is 41.9 Å². The number of amides is 2. The number of aryl methyl sites for hydroxylation is 2. The second kappa shape index (κ2) is 7.38. The second-order valence-corrected chi connectivity index (χ2v) is 7.26. The first-order valence-corrected chi connectivity index (χ1v) is 9.02. The van der Waals surface area contributed by atoms with Crippen LogP contribution < -0.4 is 5.32 Å². The van der Waals surface area contributed by atoms with Crippen LogP contribution in [-0.2, 0) is 11.8 Å². The van der Waals surface area contributed by atoms with Crippen molar-refractivity contribution in [3.8, 4) is 0 Å². The third kappa shape index (κ3) is 3.79. The Labute approximate surface area is 159 Å². The fraction of sp³-hybridized carbons (Fsp3) is 0.474. The van der Waals surface area contributed by atoms with Crippen LogP contribution in [0.15, 0.2) is 30.6 Å². The van der Waals surface area contributed by atoms with Crippen LogP contribution in [0.25, 0.3) is 0 Å². The number of nitrogens with one attached hydrogen (secondary N) is 1. The summed E-state index contributed by atoms with van der Waals surface area (Å²) >= 11 is 0. The van der Waals surface area contributed by atoms with Crippen LogP contribution in [0.5, 0.6) is 0 Å². The summed E-state index contributed by atoms with van der Waals surface area (Å²) in [6, 6.07) is 5.48. The van der Waals surface area contributed by atoms with E-state index >= 15 is 0 Å². The van der Waals surface area contributed by atoms with Crippen molar-refractivity contribution in [1.82, 2.24) is 24.6 Å². The fourth-order valence-electron chi connectivity index (χ4n) is 3.41. The number of likely N-dealkylation sites (tertiary alicyclic amines) is 1. The molecule has 0 unspecified atom stereocenters.